The maximum Gasteiger partial charge on any atom is 0.157 e. The molecule has 0 aliphatic carbocycles. The van der Waals surface area contributed by atoms with Gasteiger partial charge in [0.25, 0.3) is 0 Å². The average molecular weight is 176 g/mol. The van der Waals surface area contributed by atoms with E-state index in [-0.39, 0.29) is 18.3 Å². The molecule has 4 unspecified atom stereocenters. The molecule has 1 heterocycles. The summed E-state index contributed by atoms with van der Waals surface area (Å²) in [5, 5.41) is 9.24. The number of hydrogen-bond donors (Lipinski definition) is 1. The molecule has 1 N–H and O–H groups in total. The number of hydrogen-bond acceptors (Lipinski definition) is 4. The third-order valence-electron chi connectivity index (χ3n) is 2.21. The minimum absolute atomic E-state index is 0.0752. The molecule has 1 aliphatic heterocycles. The van der Waals surface area contributed by atoms with Gasteiger partial charge in [-0.05, 0) is 6.92 Å². The summed E-state index contributed by atoms with van der Waals surface area (Å²) < 4.78 is 15.5. The summed E-state index contributed by atoms with van der Waals surface area (Å²) in [6.07, 6.45) is -0.536. The molecule has 0 aromatic carbocycles. The zero-order chi connectivity index (χ0) is 9.14. The predicted octanol–water partition coefficient (Wildman–Crippen LogP) is 0.144. The van der Waals surface area contributed by atoms with Crippen LogP contribution in [0.4, 0.5) is 0 Å². The standard InChI is InChI=1S/C8H16O4/c1-5-8(11-3)6(10-2)4-7(9)12-5/h5-9H,4H2,1-3H3. The fourth-order valence-corrected chi connectivity index (χ4v) is 1.59. The highest BCUT2D eigenvalue weighted by Crippen LogP contribution is 2.22. The molecule has 4 nitrogen and oxygen atoms in total. The zero-order valence-electron chi connectivity index (χ0n) is 7.69. The van der Waals surface area contributed by atoms with Crippen LogP contribution in [0.5, 0.6) is 0 Å². The fourth-order valence-electron chi connectivity index (χ4n) is 1.59. The molecule has 4 heteroatoms. The minimum atomic E-state index is -0.726. The van der Waals surface area contributed by atoms with Crippen LogP contribution >= 0.6 is 0 Å². The van der Waals surface area contributed by atoms with Crippen molar-refractivity contribution in [3.05, 3.63) is 0 Å². The first-order chi connectivity index (χ1) is 5.69. The quantitative estimate of drug-likeness (QED) is 0.650. The molecule has 0 amide bonds. The highest BCUT2D eigenvalue weighted by atomic mass is 16.6. The van der Waals surface area contributed by atoms with Crippen molar-refractivity contribution in [2.45, 2.75) is 37.9 Å². The van der Waals surface area contributed by atoms with Crippen molar-refractivity contribution >= 4 is 0 Å². The molecular weight excluding hydrogens is 160 g/mol. The van der Waals surface area contributed by atoms with E-state index >= 15 is 0 Å². The molecule has 0 spiro atoms. The van der Waals surface area contributed by atoms with Crippen LogP contribution in [0.1, 0.15) is 13.3 Å². The second-order valence-electron chi connectivity index (χ2n) is 3.01. The molecule has 1 saturated heterocycles. The normalized spacial score (nSPS) is 43.0. The van der Waals surface area contributed by atoms with Crippen molar-refractivity contribution in [3.8, 4) is 0 Å². The number of ether oxygens (including phenoxy) is 3. The monoisotopic (exact) mass is 176 g/mol. The van der Waals surface area contributed by atoms with Gasteiger partial charge in [-0.25, -0.2) is 0 Å². The van der Waals surface area contributed by atoms with E-state index in [0.29, 0.717) is 6.42 Å². The summed E-state index contributed by atoms with van der Waals surface area (Å²) in [5.41, 5.74) is 0. The van der Waals surface area contributed by atoms with Gasteiger partial charge in [-0.2, -0.15) is 0 Å². The van der Waals surface area contributed by atoms with Gasteiger partial charge in [-0.3, -0.25) is 0 Å². The van der Waals surface area contributed by atoms with Crippen LogP contribution in [0, 0.1) is 0 Å². The van der Waals surface area contributed by atoms with Crippen molar-refractivity contribution in [1.82, 2.24) is 0 Å². The Balaban J connectivity index is 2.56. The van der Waals surface area contributed by atoms with Gasteiger partial charge in [-0.15, -0.1) is 0 Å². The molecule has 4 atom stereocenters. The molecule has 0 saturated carbocycles. The van der Waals surface area contributed by atoms with Crippen LogP contribution in [-0.2, 0) is 14.2 Å². The van der Waals surface area contributed by atoms with Gasteiger partial charge in [0.05, 0.1) is 12.2 Å². The Morgan fingerprint density at radius 3 is 2.50 bits per heavy atom. The maximum absolute atomic E-state index is 9.24. The van der Waals surface area contributed by atoms with E-state index in [1.807, 2.05) is 6.92 Å². The maximum atomic E-state index is 9.24. The minimum Gasteiger partial charge on any atom is -0.378 e. The lowest BCUT2D eigenvalue weighted by Gasteiger charge is -2.36. The summed E-state index contributed by atoms with van der Waals surface area (Å²) in [7, 11) is 3.23. The van der Waals surface area contributed by atoms with E-state index in [9.17, 15) is 5.11 Å². The highest BCUT2D eigenvalue weighted by molar-refractivity contribution is 4.81. The van der Waals surface area contributed by atoms with Crippen molar-refractivity contribution in [2.24, 2.45) is 0 Å². The van der Waals surface area contributed by atoms with E-state index in [2.05, 4.69) is 0 Å². The Labute approximate surface area is 72.4 Å². The van der Waals surface area contributed by atoms with Crippen molar-refractivity contribution < 1.29 is 19.3 Å². The number of rotatable bonds is 2. The Morgan fingerprint density at radius 1 is 1.33 bits per heavy atom. The largest absolute Gasteiger partial charge is 0.378 e. The van der Waals surface area contributed by atoms with Crippen molar-refractivity contribution in [3.63, 3.8) is 0 Å². The summed E-state index contributed by atoms with van der Waals surface area (Å²) in [5.74, 6) is 0. The average Bonchev–Trinajstić information content (AvgIpc) is 2.03. The summed E-state index contributed by atoms with van der Waals surface area (Å²) in [4.78, 5) is 0. The highest BCUT2D eigenvalue weighted by Gasteiger charge is 2.35. The van der Waals surface area contributed by atoms with E-state index in [0.717, 1.165) is 0 Å². The van der Waals surface area contributed by atoms with E-state index in [4.69, 9.17) is 14.2 Å². The van der Waals surface area contributed by atoms with E-state index < -0.39 is 6.29 Å². The number of methoxy groups -OCH3 is 2. The molecule has 1 fully saturated rings. The summed E-state index contributed by atoms with van der Waals surface area (Å²) >= 11 is 0. The SMILES string of the molecule is COC1CC(O)OC(C)C1OC. The van der Waals surface area contributed by atoms with Crippen molar-refractivity contribution in [2.75, 3.05) is 14.2 Å². The second-order valence-corrected chi connectivity index (χ2v) is 3.01. The van der Waals surface area contributed by atoms with Crippen LogP contribution in [0.2, 0.25) is 0 Å². The third kappa shape index (κ3) is 1.95. The molecule has 0 aromatic rings. The molecule has 0 radical (unpaired) electrons. The van der Waals surface area contributed by atoms with Gasteiger partial charge in [-0.1, -0.05) is 0 Å². The first-order valence-electron chi connectivity index (χ1n) is 4.08. The van der Waals surface area contributed by atoms with Gasteiger partial charge in [0.1, 0.15) is 6.10 Å². The zero-order valence-corrected chi connectivity index (χ0v) is 7.69. The number of aliphatic hydroxyl groups excluding tert-OH is 1. The Kier molecular flexibility index (Phi) is 3.46. The lowest BCUT2D eigenvalue weighted by atomic mass is 10.0. The predicted molar refractivity (Wildman–Crippen MR) is 42.8 cm³/mol. The van der Waals surface area contributed by atoms with Crippen LogP contribution in [-0.4, -0.2) is 43.9 Å². The topological polar surface area (TPSA) is 47.9 Å². The lowest BCUT2D eigenvalue weighted by Crippen LogP contribution is -2.48. The van der Waals surface area contributed by atoms with Crippen LogP contribution in [0.25, 0.3) is 0 Å². The fraction of sp³-hybridized carbons (Fsp3) is 1.00. The van der Waals surface area contributed by atoms with Gasteiger partial charge in [0.15, 0.2) is 6.29 Å². The number of aliphatic hydroxyl groups is 1. The molecule has 0 bridgehead atoms. The Bertz CT molecular complexity index is 139. The van der Waals surface area contributed by atoms with Gasteiger partial charge >= 0.3 is 0 Å². The second kappa shape index (κ2) is 4.18. The summed E-state index contributed by atoms with van der Waals surface area (Å²) in [6, 6.07) is 0. The van der Waals surface area contributed by atoms with E-state index in [1.165, 1.54) is 0 Å². The Morgan fingerprint density at radius 2 is 2.00 bits per heavy atom. The Hall–Kier alpha value is -0.160. The van der Waals surface area contributed by atoms with Crippen LogP contribution in [0.15, 0.2) is 0 Å². The summed E-state index contributed by atoms with van der Waals surface area (Å²) in [6.45, 7) is 1.86. The lowest BCUT2D eigenvalue weighted by molar-refractivity contribution is -0.237. The first-order valence-corrected chi connectivity index (χ1v) is 4.08. The first kappa shape index (κ1) is 9.92. The molecule has 72 valence electrons. The molecule has 1 rings (SSSR count). The molecule has 0 aromatic heterocycles. The molecule has 12 heavy (non-hydrogen) atoms. The van der Waals surface area contributed by atoms with Gasteiger partial charge in [0, 0.05) is 20.6 Å². The van der Waals surface area contributed by atoms with E-state index in [1.54, 1.807) is 14.2 Å². The third-order valence-corrected chi connectivity index (χ3v) is 2.21. The smallest absolute Gasteiger partial charge is 0.157 e. The van der Waals surface area contributed by atoms with Crippen molar-refractivity contribution in [1.29, 1.82) is 0 Å². The van der Waals surface area contributed by atoms with Crippen LogP contribution < -0.4 is 0 Å². The van der Waals surface area contributed by atoms with Gasteiger partial charge < -0.3 is 19.3 Å². The van der Waals surface area contributed by atoms with Gasteiger partial charge in [0.2, 0.25) is 0 Å². The molecule has 1 aliphatic rings. The molecular formula is C8H16O4. The van der Waals surface area contributed by atoms with Crippen LogP contribution in [0.3, 0.4) is 0 Å².